The van der Waals surface area contributed by atoms with Crippen molar-refractivity contribution in [2.75, 3.05) is 13.2 Å². The minimum Gasteiger partial charge on any atom is -0.466 e. The Hall–Kier alpha value is -1.40. The summed E-state index contributed by atoms with van der Waals surface area (Å²) in [4.78, 5) is 11.1. The van der Waals surface area contributed by atoms with E-state index in [2.05, 4.69) is 10.5 Å². The molecular weight excluding hydrogens is 224 g/mol. The maximum atomic E-state index is 11.1. The summed E-state index contributed by atoms with van der Waals surface area (Å²) in [6, 6.07) is 1.81. The van der Waals surface area contributed by atoms with Crippen LogP contribution < -0.4 is 5.32 Å². The van der Waals surface area contributed by atoms with Gasteiger partial charge >= 0.3 is 5.97 Å². The number of rotatable bonds is 7. The molecule has 0 spiro atoms. The minimum atomic E-state index is -0.752. The highest BCUT2D eigenvalue weighted by Crippen LogP contribution is 2.01. The monoisotopic (exact) mass is 242 g/mol. The van der Waals surface area contributed by atoms with Crippen molar-refractivity contribution in [2.24, 2.45) is 0 Å². The number of carbonyl (C=O) groups is 1. The van der Waals surface area contributed by atoms with Crippen LogP contribution in [0.25, 0.3) is 0 Å². The average Bonchev–Trinajstić information content (AvgIpc) is 2.64. The summed E-state index contributed by atoms with van der Waals surface area (Å²) in [7, 11) is 0. The third kappa shape index (κ3) is 5.46. The van der Waals surface area contributed by atoms with E-state index >= 15 is 0 Å². The molecule has 0 aliphatic carbocycles. The molecule has 0 fully saturated rings. The van der Waals surface area contributed by atoms with Gasteiger partial charge in [-0.2, -0.15) is 0 Å². The van der Waals surface area contributed by atoms with Gasteiger partial charge in [0.05, 0.1) is 31.4 Å². The molecule has 96 valence electrons. The maximum Gasteiger partial charge on any atom is 0.308 e. The van der Waals surface area contributed by atoms with Gasteiger partial charge in [-0.15, -0.1) is 0 Å². The molecule has 1 atom stereocenters. The zero-order valence-electron chi connectivity index (χ0n) is 10.1. The molecule has 0 saturated heterocycles. The van der Waals surface area contributed by atoms with Crippen molar-refractivity contribution in [3.05, 3.63) is 17.5 Å². The summed E-state index contributed by atoms with van der Waals surface area (Å²) in [6.45, 7) is 4.67. The highest BCUT2D eigenvalue weighted by molar-refractivity contribution is 5.69. The van der Waals surface area contributed by atoms with E-state index < -0.39 is 12.1 Å². The Morgan fingerprint density at radius 1 is 1.71 bits per heavy atom. The average molecular weight is 242 g/mol. The lowest BCUT2D eigenvalue weighted by molar-refractivity contribution is -0.145. The molecule has 6 heteroatoms. The van der Waals surface area contributed by atoms with E-state index in [1.165, 1.54) is 0 Å². The van der Waals surface area contributed by atoms with E-state index in [9.17, 15) is 9.90 Å². The van der Waals surface area contributed by atoms with Gasteiger partial charge in [0.2, 0.25) is 0 Å². The van der Waals surface area contributed by atoms with Crippen molar-refractivity contribution in [1.82, 2.24) is 10.5 Å². The molecule has 17 heavy (non-hydrogen) atoms. The zero-order chi connectivity index (χ0) is 12.7. The molecule has 0 saturated carbocycles. The molecule has 0 radical (unpaired) electrons. The number of nitrogens with one attached hydrogen (secondary N) is 1. The number of aromatic nitrogens is 1. The third-order valence-corrected chi connectivity index (χ3v) is 2.06. The van der Waals surface area contributed by atoms with Crippen LogP contribution in [0.15, 0.2) is 10.6 Å². The largest absolute Gasteiger partial charge is 0.466 e. The molecule has 0 aliphatic heterocycles. The van der Waals surface area contributed by atoms with Crippen LogP contribution in [-0.2, 0) is 16.1 Å². The number of nitrogens with zero attached hydrogens (tertiary/aromatic N) is 1. The predicted molar refractivity (Wildman–Crippen MR) is 60.2 cm³/mol. The summed E-state index contributed by atoms with van der Waals surface area (Å²) in [6.07, 6.45) is -0.755. The standard InChI is InChI=1S/C11H18N2O4/c1-3-16-11(15)5-9(14)6-12-7-10-4-8(2)13-17-10/h4,9,12,14H,3,5-7H2,1-2H3. The van der Waals surface area contributed by atoms with E-state index in [1.807, 2.05) is 13.0 Å². The van der Waals surface area contributed by atoms with Gasteiger partial charge in [0.25, 0.3) is 0 Å². The quantitative estimate of drug-likeness (QED) is 0.673. The second-order valence-corrected chi connectivity index (χ2v) is 3.73. The van der Waals surface area contributed by atoms with Gasteiger partial charge in [0, 0.05) is 12.6 Å². The Morgan fingerprint density at radius 3 is 3.06 bits per heavy atom. The number of hydrogen-bond acceptors (Lipinski definition) is 6. The second-order valence-electron chi connectivity index (χ2n) is 3.73. The zero-order valence-corrected chi connectivity index (χ0v) is 10.1. The number of hydrogen-bond donors (Lipinski definition) is 2. The fourth-order valence-electron chi connectivity index (χ4n) is 1.35. The van der Waals surface area contributed by atoms with E-state index in [0.717, 1.165) is 5.69 Å². The van der Waals surface area contributed by atoms with Crippen molar-refractivity contribution >= 4 is 5.97 Å². The van der Waals surface area contributed by atoms with Crippen LogP contribution in [0.1, 0.15) is 24.8 Å². The van der Waals surface area contributed by atoms with Gasteiger partial charge in [0.15, 0.2) is 5.76 Å². The van der Waals surface area contributed by atoms with Gasteiger partial charge in [0.1, 0.15) is 0 Å². The predicted octanol–water partition coefficient (Wildman–Crippen LogP) is 0.387. The van der Waals surface area contributed by atoms with Crippen molar-refractivity contribution in [2.45, 2.75) is 32.9 Å². The SMILES string of the molecule is CCOC(=O)CC(O)CNCc1cc(C)no1. The van der Waals surface area contributed by atoms with E-state index in [4.69, 9.17) is 9.26 Å². The second kappa shape index (κ2) is 7.03. The fraction of sp³-hybridized carbons (Fsp3) is 0.636. The summed E-state index contributed by atoms with van der Waals surface area (Å²) >= 11 is 0. The number of aliphatic hydroxyl groups is 1. The Balaban J connectivity index is 2.15. The van der Waals surface area contributed by atoms with Crippen LogP contribution in [0.5, 0.6) is 0 Å². The molecular formula is C11H18N2O4. The smallest absolute Gasteiger partial charge is 0.308 e. The molecule has 0 aromatic carbocycles. The lowest BCUT2D eigenvalue weighted by Crippen LogP contribution is -2.28. The first-order chi connectivity index (χ1) is 8.11. The van der Waals surface area contributed by atoms with Crippen LogP contribution in [0.3, 0.4) is 0 Å². The molecule has 1 aromatic heterocycles. The molecule has 0 aliphatic rings. The number of carbonyl (C=O) groups excluding carboxylic acids is 1. The van der Waals surface area contributed by atoms with Gasteiger partial charge in [-0.1, -0.05) is 5.16 Å². The molecule has 2 N–H and O–H groups in total. The van der Waals surface area contributed by atoms with Crippen molar-refractivity contribution in [3.63, 3.8) is 0 Å². The first-order valence-electron chi connectivity index (χ1n) is 5.58. The van der Waals surface area contributed by atoms with E-state index in [1.54, 1.807) is 6.92 Å². The summed E-state index contributed by atoms with van der Waals surface area (Å²) in [5.41, 5.74) is 0.814. The molecule has 6 nitrogen and oxygen atoms in total. The Labute approximate surface area is 99.9 Å². The molecule has 1 heterocycles. The molecule has 1 rings (SSSR count). The van der Waals surface area contributed by atoms with E-state index in [0.29, 0.717) is 25.5 Å². The van der Waals surface area contributed by atoms with Crippen molar-refractivity contribution in [1.29, 1.82) is 0 Å². The number of esters is 1. The van der Waals surface area contributed by atoms with Crippen LogP contribution in [-0.4, -0.2) is 35.5 Å². The Bertz CT molecular complexity index is 351. The molecule has 0 bridgehead atoms. The third-order valence-electron chi connectivity index (χ3n) is 2.06. The first-order valence-corrected chi connectivity index (χ1v) is 5.58. The minimum absolute atomic E-state index is 0.00370. The lowest BCUT2D eigenvalue weighted by Gasteiger charge is -2.09. The van der Waals surface area contributed by atoms with Crippen molar-refractivity contribution in [3.8, 4) is 0 Å². The molecule has 1 unspecified atom stereocenters. The van der Waals surface area contributed by atoms with Crippen LogP contribution in [0, 0.1) is 6.92 Å². The van der Waals surface area contributed by atoms with Gasteiger partial charge in [-0.25, -0.2) is 0 Å². The maximum absolute atomic E-state index is 11.1. The normalized spacial score (nSPS) is 12.4. The first kappa shape index (κ1) is 13.7. The van der Waals surface area contributed by atoms with Crippen molar-refractivity contribution < 1.29 is 19.2 Å². The highest BCUT2D eigenvalue weighted by Gasteiger charge is 2.11. The number of aliphatic hydroxyl groups excluding tert-OH is 1. The summed E-state index contributed by atoms with van der Waals surface area (Å²) in [5.74, 6) is 0.308. The van der Waals surface area contributed by atoms with Gasteiger partial charge < -0.3 is 19.7 Å². The number of aryl methyl sites for hydroxylation is 1. The highest BCUT2D eigenvalue weighted by atomic mass is 16.5. The fourth-order valence-corrected chi connectivity index (χ4v) is 1.35. The van der Waals surface area contributed by atoms with Gasteiger partial charge in [-0.3, -0.25) is 4.79 Å². The Kier molecular flexibility index (Phi) is 5.65. The van der Waals surface area contributed by atoms with Crippen LogP contribution in [0.2, 0.25) is 0 Å². The van der Waals surface area contributed by atoms with E-state index in [-0.39, 0.29) is 6.42 Å². The lowest BCUT2D eigenvalue weighted by atomic mass is 10.2. The van der Waals surface area contributed by atoms with Crippen LogP contribution >= 0.6 is 0 Å². The van der Waals surface area contributed by atoms with Crippen LogP contribution in [0.4, 0.5) is 0 Å². The topological polar surface area (TPSA) is 84.6 Å². The number of ether oxygens (including phenoxy) is 1. The summed E-state index contributed by atoms with van der Waals surface area (Å²) < 4.78 is 9.71. The summed E-state index contributed by atoms with van der Waals surface area (Å²) in [5, 5.41) is 16.2. The molecule has 1 aromatic rings. The Morgan fingerprint density at radius 2 is 2.47 bits per heavy atom. The molecule has 0 amide bonds. The van der Waals surface area contributed by atoms with Gasteiger partial charge in [-0.05, 0) is 13.8 Å².